The molecular formula is C19H33IN4O. The highest BCUT2D eigenvalue weighted by molar-refractivity contribution is 14.0. The van der Waals surface area contributed by atoms with Crippen molar-refractivity contribution in [1.82, 2.24) is 15.6 Å². The number of aliphatic imine (C=N–C) groups is 1. The summed E-state index contributed by atoms with van der Waals surface area (Å²) < 4.78 is 6.01. The summed E-state index contributed by atoms with van der Waals surface area (Å²) in [4.78, 5) is 9.08. The Balaban J connectivity index is 0.00000312. The summed E-state index contributed by atoms with van der Waals surface area (Å²) >= 11 is 0. The highest BCUT2D eigenvalue weighted by Crippen LogP contribution is 2.19. The van der Waals surface area contributed by atoms with Crippen LogP contribution in [0.2, 0.25) is 0 Å². The van der Waals surface area contributed by atoms with Crippen molar-refractivity contribution in [2.45, 2.75) is 65.0 Å². The van der Waals surface area contributed by atoms with Crippen LogP contribution in [0, 0.1) is 6.92 Å². The fourth-order valence-corrected chi connectivity index (χ4v) is 2.99. The second-order valence-electron chi connectivity index (χ2n) is 6.38. The molecule has 0 bridgehead atoms. The summed E-state index contributed by atoms with van der Waals surface area (Å²) in [6.45, 7) is 7.02. The maximum Gasteiger partial charge on any atom is 0.191 e. The van der Waals surface area contributed by atoms with Gasteiger partial charge in [-0.3, -0.25) is 4.98 Å². The summed E-state index contributed by atoms with van der Waals surface area (Å²) in [5.41, 5.74) is 2.01. The van der Waals surface area contributed by atoms with Crippen LogP contribution in [0.3, 0.4) is 0 Å². The third-order valence-corrected chi connectivity index (χ3v) is 4.24. The molecule has 6 heteroatoms. The quantitative estimate of drug-likeness (QED) is 0.214. The van der Waals surface area contributed by atoms with Crippen LogP contribution in [0.15, 0.2) is 23.2 Å². The van der Waals surface area contributed by atoms with E-state index in [1.54, 1.807) is 0 Å². The molecule has 142 valence electrons. The second kappa shape index (κ2) is 13.3. The van der Waals surface area contributed by atoms with Gasteiger partial charge in [-0.25, -0.2) is 4.99 Å². The van der Waals surface area contributed by atoms with Gasteiger partial charge in [0.1, 0.15) is 0 Å². The van der Waals surface area contributed by atoms with Crippen molar-refractivity contribution >= 4 is 29.9 Å². The van der Waals surface area contributed by atoms with Crippen LogP contribution in [0.1, 0.15) is 56.8 Å². The smallest absolute Gasteiger partial charge is 0.191 e. The molecule has 0 unspecified atom stereocenters. The molecule has 2 N–H and O–H groups in total. The van der Waals surface area contributed by atoms with Crippen molar-refractivity contribution in [2.24, 2.45) is 4.99 Å². The van der Waals surface area contributed by atoms with Gasteiger partial charge in [-0.2, -0.15) is 0 Å². The van der Waals surface area contributed by atoms with Gasteiger partial charge in [-0.1, -0.05) is 31.7 Å². The van der Waals surface area contributed by atoms with Crippen LogP contribution in [0.25, 0.3) is 0 Å². The van der Waals surface area contributed by atoms with Crippen molar-refractivity contribution < 1.29 is 4.74 Å². The molecule has 0 atom stereocenters. The van der Waals surface area contributed by atoms with Crippen LogP contribution >= 0.6 is 24.0 Å². The molecule has 0 aromatic carbocycles. The van der Waals surface area contributed by atoms with Crippen molar-refractivity contribution in [1.29, 1.82) is 0 Å². The highest BCUT2D eigenvalue weighted by Gasteiger charge is 2.12. The molecule has 1 saturated carbocycles. The summed E-state index contributed by atoms with van der Waals surface area (Å²) in [5, 5.41) is 6.62. The topological polar surface area (TPSA) is 58.5 Å². The summed E-state index contributed by atoms with van der Waals surface area (Å²) in [5.74, 6) is 0.824. The van der Waals surface area contributed by atoms with Gasteiger partial charge in [0.2, 0.25) is 0 Å². The van der Waals surface area contributed by atoms with Crippen LogP contribution in [-0.2, 0) is 11.3 Å². The van der Waals surface area contributed by atoms with Crippen molar-refractivity contribution in [2.75, 3.05) is 19.7 Å². The standard InChI is InChI=1S/C19H32N4O.HI/c1-3-20-19(22-15-17-10-8-9-16(2)23-17)21-13-14-24-18-11-6-4-5-7-12-18;/h8-10,18H,3-7,11-15H2,1-2H3,(H2,20,21,22);1H. The molecule has 1 aromatic heterocycles. The van der Waals surface area contributed by atoms with E-state index >= 15 is 0 Å². The van der Waals surface area contributed by atoms with E-state index in [2.05, 4.69) is 27.5 Å². The molecule has 0 spiro atoms. The number of aromatic nitrogens is 1. The molecule has 0 amide bonds. The van der Waals surface area contributed by atoms with Crippen LogP contribution in [-0.4, -0.2) is 36.7 Å². The van der Waals surface area contributed by atoms with E-state index in [1.807, 2.05) is 25.1 Å². The van der Waals surface area contributed by atoms with E-state index in [0.29, 0.717) is 12.6 Å². The molecule has 0 saturated heterocycles. The van der Waals surface area contributed by atoms with Gasteiger partial charge in [-0.05, 0) is 38.8 Å². The lowest BCUT2D eigenvalue weighted by atomic mass is 10.1. The zero-order valence-electron chi connectivity index (χ0n) is 15.6. The third kappa shape index (κ3) is 9.39. The van der Waals surface area contributed by atoms with E-state index in [9.17, 15) is 0 Å². The molecule has 1 aliphatic rings. The Morgan fingerprint density at radius 1 is 1.20 bits per heavy atom. The molecule has 0 radical (unpaired) electrons. The molecule has 0 aliphatic heterocycles. The molecule has 1 fully saturated rings. The zero-order valence-corrected chi connectivity index (χ0v) is 17.9. The summed E-state index contributed by atoms with van der Waals surface area (Å²) in [6.07, 6.45) is 8.23. The number of hydrogen-bond acceptors (Lipinski definition) is 3. The summed E-state index contributed by atoms with van der Waals surface area (Å²) in [6, 6.07) is 6.03. The van der Waals surface area contributed by atoms with Gasteiger partial charge in [0, 0.05) is 18.8 Å². The van der Waals surface area contributed by atoms with E-state index < -0.39 is 0 Å². The van der Waals surface area contributed by atoms with Gasteiger partial charge in [-0.15, -0.1) is 24.0 Å². The first kappa shape index (κ1) is 22.2. The maximum absolute atomic E-state index is 6.01. The highest BCUT2D eigenvalue weighted by atomic mass is 127. The number of aryl methyl sites for hydroxylation is 1. The van der Waals surface area contributed by atoms with Gasteiger partial charge >= 0.3 is 0 Å². The third-order valence-electron chi connectivity index (χ3n) is 4.24. The Morgan fingerprint density at radius 3 is 2.64 bits per heavy atom. The predicted molar refractivity (Wildman–Crippen MR) is 115 cm³/mol. The largest absolute Gasteiger partial charge is 0.376 e. The number of halogens is 1. The van der Waals surface area contributed by atoms with Gasteiger partial charge in [0.15, 0.2) is 5.96 Å². The van der Waals surface area contributed by atoms with Crippen molar-refractivity contribution in [3.8, 4) is 0 Å². The average molecular weight is 460 g/mol. The Bertz CT molecular complexity index is 502. The first-order chi connectivity index (χ1) is 11.8. The van der Waals surface area contributed by atoms with Crippen LogP contribution in [0.4, 0.5) is 0 Å². The molecule has 1 aliphatic carbocycles. The minimum atomic E-state index is 0. The first-order valence-corrected chi connectivity index (χ1v) is 9.34. The second-order valence-corrected chi connectivity index (χ2v) is 6.38. The fourth-order valence-electron chi connectivity index (χ4n) is 2.99. The van der Waals surface area contributed by atoms with E-state index in [0.717, 1.165) is 37.0 Å². The lowest BCUT2D eigenvalue weighted by Gasteiger charge is -2.16. The normalized spacial score (nSPS) is 16.0. The molecule has 2 rings (SSSR count). The number of guanidine groups is 1. The van der Waals surface area contributed by atoms with E-state index in [-0.39, 0.29) is 24.0 Å². The van der Waals surface area contributed by atoms with Crippen LogP contribution in [0.5, 0.6) is 0 Å². The number of nitrogens with one attached hydrogen (secondary N) is 2. The maximum atomic E-state index is 6.01. The summed E-state index contributed by atoms with van der Waals surface area (Å²) in [7, 11) is 0. The molecular weight excluding hydrogens is 427 g/mol. The Labute approximate surface area is 169 Å². The minimum Gasteiger partial charge on any atom is -0.376 e. The predicted octanol–water partition coefficient (Wildman–Crippen LogP) is 3.80. The zero-order chi connectivity index (χ0) is 17.0. The Kier molecular flexibility index (Phi) is 11.8. The lowest BCUT2D eigenvalue weighted by molar-refractivity contribution is 0.0468. The number of nitrogens with zero attached hydrogens (tertiary/aromatic N) is 2. The monoisotopic (exact) mass is 460 g/mol. The molecule has 25 heavy (non-hydrogen) atoms. The van der Waals surface area contributed by atoms with Gasteiger partial charge < -0.3 is 15.4 Å². The minimum absolute atomic E-state index is 0. The first-order valence-electron chi connectivity index (χ1n) is 9.34. The molecule has 1 aromatic rings. The van der Waals surface area contributed by atoms with Gasteiger partial charge in [0.25, 0.3) is 0 Å². The number of rotatable bonds is 7. The van der Waals surface area contributed by atoms with E-state index in [1.165, 1.54) is 38.5 Å². The SMILES string of the molecule is CCNC(=NCc1cccc(C)n1)NCCOC1CCCCCC1.I. The fraction of sp³-hybridized carbons (Fsp3) is 0.684. The number of pyridine rings is 1. The van der Waals surface area contributed by atoms with Crippen molar-refractivity contribution in [3.63, 3.8) is 0 Å². The van der Waals surface area contributed by atoms with Gasteiger partial charge in [0.05, 0.1) is 24.9 Å². The number of hydrogen-bond donors (Lipinski definition) is 2. The molecule has 5 nitrogen and oxygen atoms in total. The van der Waals surface area contributed by atoms with E-state index in [4.69, 9.17) is 4.74 Å². The van der Waals surface area contributed by atoms with Crippen LogP contribution < -0.4 is 10.6 Å². The lowest BCUT2D eigenvalue weighted by Crippen LogP contribution is -2.39. The Hall–Kier alpha value is -0.890. The Morgan fingerprint density at radius 2 is 1.96 bits per heavy atom. The van der Waals surface area contributed by atoms with Crippen molar-refractivity contribution in [3.05, 3.63) is 29.6 Å². The number of ether oxygens (including phenoxy) is 1. The average Bonchev–Trinajstić information content (AvgIpc) is 2.85. The molecule has 1 heterocycles.